The van der Waals surface area contributed by atoms with Gasteiger partial charge in [0.15, 0.2) is 5.82 Å². The first-order valence-electron chi connectivity index (χ1n) is 17.0. The SMILES string of the molecule is c1ccc(-c2ccc(-c3cc(-c4ccccc4)nc(-c4ccc5c(c4)C4(c6ccccc6S5)c5ccccc5-c5ccccc54)n3)cc2)cc1. The van der Waals surface area contributed by atoms with E-state index in [1.807, 2.05) is 17.8 Å². The molecular weight excluding hydrogens is 625 g/mol. The Morgan fingerprint density at radius 1 is 0.340 bits per heavy atom. The topological polar surface area (TPSA) is 25.8 Å². The van der Waals surface area contributed by atoms with E-state index >= 15 is 0 Å². The van der Waals surface area contributed by atoms with Crippen molar-refractivity contribution < 1.29 is 0 Å². The average molecular weight is 655 g/mol. The largest absolute Gasteiger partial charge is 0.228 e. The molecule has 0 bridgehead atoms. The van der Waals surface area contributed by atoms with Gasteiger partial charge in [0.2, 0.25) is 0 Å². The second-order valence-electron chi connectivity index (χ2n) is 12.9. The molecule has 0 atom stereocenters. The van der Waals surface area contributed by atoms with Gasteiger partial charge in [-0.3, -0.25) is 0 Å². The molecule has 234 valence electrons. The lowest BCUT2D eigenvalue weighted by Gasteiger charge is -2.39. The van der Waals surface area contributed by atoms with Gasteiger partial charge in [-0.25, -0.2) is 9.97 Å². The highest BCUT2D eigenvalue weighted by Gasteiger charge is 2.50. The molecule has 10 rings (SSSR count). The lowest BCUT2D eigenvalue weighted by atomic mass is 9.67. The minimum absolute atomic E-state index is 0.451. The van der Waals surface area contributed by atoms with Gasteiger partial charge in [-0.15, -0.1) is 0 Å². The van der Waals surface area contributed by atoms with Gasteiger partial charge < -0.3 is 0 Å². The van der Waals surface area contributed by atoms with Gasteiger partial charge in [-0.2, -0.15) is 0 Å². The molecule has 2 aliphatic rings. The van der Waals surface area contributed by atoms with Crippen molar-refractivity contribution in [2.45, 2.75) is 15.2 Å². The van der Waals surface area contributed by atoms with Crippen LogP contribution in [0.2, 0.25) is 0 Å². The third kappa shape index (κ3) is 4.44. The molecule has 7 aromatic carbocycles. The molecule has 0 fully saturated rings. The van der Waals surface area contributed by atoms with Gasteiger partial charge in [0.05, 0.1) is 16.8 Å². The zero-order chi connectivity index (χ0) is 33.1. The Kier molecular flexibility index (Phi) is 6.68. The van der Waals surface area contributed by atoms with Crippen molar-refractivity contribution in [3.05, 3.63) is 204 Å². The molecule has 1 aliphatic heterocycles. The first-order chi connectivity index (χ1) is 24.8. The second kappa shape index (κ2) is 11.5. The van der Waals surface area contributed by atoms with E-state index in [4.69, 9.17) is 9.97 Å². The first-order valence-corrected chi connectivity index (χ1v) is 17.8. The molecule has 1 aliphatic carbocycles. The normalized spacial score (nSPS) is 13.3. The summed E-state index contributed by atoms with van der Waals surface area (Å²) in [5.41, 5.74) is 14.7. The number of fused-ring (bicyclic) bond motifs is 9. The minimum atomic E-state index is -0.451. The van der Waals surface area contributed by atoms with E-state index in [1.54, 1.807) is 0 Å². The van der Waals surface area contributed by atoms with Gasteiger partial charge >= 0.3 is 0 Å². The average Bonchev–Trinajstić information content (AvgIpc) is 3.49. The molecule has 0 unspecified atom stereocenters. The van der Waals surface area contributed by atoms with Crippen LogP contribution in [0.15, 0.2) is 192 Å². The molecule has 0 radical (unpaired) electrons. The lowest BCUT2D eigenvalue weighted by molar-refractivity contribution is 0.722. The zero-order valence-electron chi connectivity index (χ0n) is 27.1. The molecule has 0 saturated heterocycles. The Morgan fingerprint density at radius 2 is 0.800 bits per heavy atom. The Hall–Kier alpha value is -6.03. The molecule has 0 N–H and O–H groups in total. The first kappa shape index (κ1) is 28.9. The van der Waals surface area contributed by atoms with Crippen LogP contribution in [0.4, 0.5) is 0 Å². The summed E-state index contributed by atoms with van der Waals surface area (Å²) in [6, 6.07) is 65.4. The van der Waals surface area contributed by atoms with Gasteiger partial charge in [0.25, 0.3) is 0 Å². The fourth-order valence-corrected chi connectivity index (χ4v) is 9.11. The number of nitrogens with zero attached hydrogens (tertiary/aromatic N) is 2. The summed E-state index contributed by atoms with van der Waals surface area (Å²) in [6.07, 6.45) is 0. The molecule has 2 nitrogen and oxygen atoms in total. The van der Waals surface area contributed by atoms with Crippen LogP contribution in [0.1, 0.15) is 22.3 Å². The number of benzene rings is 7. The van der Waals surface area contributed by atoms with E-state index in [2.05, 4.69) is 176 Å². The third-order valence-corrected chi connectivity index (χ3v) is 11.3. The molecule has 0 saturated carbocycles. The fourth-order valence-electron chi connectivity index (χ4n) is 7.94. The maximum atomic E-state index is 5.28. The Balaban J connectivity index is 1.18. The second-order valence-corrected chi connectivity index (χ2v) is 14.0. The number of aromatic nitrogens is 2. The van der Waals surface area contributed by atoms with Crippen LogP contribution in [0.5, 0.6) is 0 Å². The van der Waals surface area contributed by atoms with E-state index in [0.29, 0.717) is 0 Å². The van der Waals surface area contributed by atoms with E-state index in [-0.39, 0.29) is 0 Å². The Bertz CT molecular complexity index is 2510. The molecule has 0 amide bonds. The van der Waals surface area contributed by atoms with Crippen molar-refractivity contribution in [3.8, 4) is 56.2 Å². The maximum Gasteiger partial charge on any atom is 0.160 e. The zero-order valence-corrected chi connectivity index (χ0v) is 27.9. The summed E-state index contributed by atoms with van der Waals surface area (Å²) < 4.78 is 0. The highest BCUT2D eigenvalue weighted by Crippen LogP contribution is 2.62. The van der Waals surface area contributed by atoms with Crippen LogP contribution in [0, 0.1) is 0 Å². The van der Waals surface area contributed by atoms with Gasteiger partial charge in [0, 0.05) is 26.5 Å². The summed E-state index contributed by atoms with van der Waals surface area (Å²) in [5, 5.41) is 0. The van der Waals surface area contributed by atoms with Gasteiger partial charge in [-0.05, 0) is 68.8 Å². The molecule has 2 heterocycles. The van der Waals surface area contributed by atoms with Crippen molar-refractivity contribution in [2.24, 2.45) is 0 Å². The van der Waals surface area contributed by atoms with Crippen molar-refractivity contribution in [2.75, 3.05) is 0 Å². The highest BCUT2D eigenvalue weighted by atomic mass is 32.2. The van der Waals surface area contributed by atoms with E-state index in [1.165, 1.54) is 54.3 Å². The van der Waals surface area contributed by atoms with Crippen molar-refractivity contribution >= 4 is 11.8 Å². The fraction of sp³-hybridized carbons (Fsp3) is 0.0213. The monoisotopic (exact) mass is 654 g/mol. The maximum absolute atomic E-state index is 5.28. The molecule has 1 aromatic heterocycles. The number of rotatable bonds is 4. The summed E-state index contributed by atoms with van der Waals surface area (Å²) in [6.45, 7) is 0. The number of hydrogen-bond acceptors (Lipinski definition) is 3. The Morgan fingerprint density at radius 3 is 1.46 bits per heavy atom. The van der Waals surface area contributed by atoms with Crippen molar-refractivity contribution in [1.82, 2.24) is 9.97 Å². The lowest BCUT2D eigenvalue weighted by Crippen LogP contribution is -2.32. The third-order valence-electron chi connectivity index (χ3n) is 10.2. The molecule has 1 spiro atoms. The van der Waals surface area contributed by atoms with Gasteiger partial charge in [0.1, 0.15) is 0 Å². The summed E-state index contributed by atoms with van der Waals surface area (Å²) in [5.74, 6) is 0.717. The predicted octanol–water partition coefficient (Wildman–Crippen LogP) is 12.0. The van der Waals surface area contributed by atoms with Crippen LogP contribution in [0.25, 0.3) is 56.2 Å². The van der Waals surface area contributed by atoms with Crippen LogP contribution in [0.3, 0.4) is 0 Å². The number of hydrogen-bond donors (Lipinski definition) is 0. The minimum Gasteiger partial charge on any atom is -0.228 e. The van der Waals surface area contributed by atoms with Crippen molar-refractivity contribution in [3.63, 3.8) is 0 Å². The summed E-state index contributed by atoms with van der Waals surface area (Å²) >= 11 is 1.86. The summed E-state index contributed by atoms with van der Waals surface area (Å²) in [7, 11) is 0. The predicted molar refractivity (Wildman–Crippen MR) is 205 cm³/mol. The van der Waals surface area contributed by atoms with E-state index in [9.17, 15) is 0 Å². The highest BCUT2D eigenvalue weighted by molar-refractivity contribution is 7.99. The van der Waals surface area contributed by atoms with Crippen LogP contribution >= 0.6 is 11.8 Å². The standard InChI is InChI=1S/C47H30N2S/c1-3-13-31(14-4-1)32-23-25-34(26-24-32)43-30-42(33-15-5-2-6-16-33)48-46(49-43)35-27-28-45-41(29-35)47(40-21-11-12-22-44(40)50-45)38-19-9-7-17-36(38)37-18-8-10-20-39(37)47/h1-30H. The molecule has 50 heavy (non-hydrogen) atoms. The van der Waals surface area contributed by atoms with Crippen LogP contribution < -0.4 is 0 Å². The van der Waals surface area contributed by atoms with Crippen LogP contribution in [-0.4, -0.2) is 9.97 Å². The molecule has 3 heteroatoms. The molecule has 8 aromatic rings. The van der Waals surface area contributed by atoms with E-state index < -0.39 is 5.41 Å². The molecular formula is C47H30N2S. The smallest absolute Gasteiger partial charge is 0.160 e. The van der Waals surface area contributed by atoms with Gasteiger partial charge in [-0.1, -0.05) is 169 Å². The van der Waals surface area contributed by atoms with Crippen LogP contribution in [-0.2, 0) is 5.41 Å². The Labute approximate surface area is 296 Å². The quantitative estimate of drug-likeness (QED) is 0.189. The summed E-state index contributed by atoms with van der Waals surface area (Å²) in [4.78, 5) is 13.1. The van der Waals surface area contributed by atoms with Crippen molar-refractivity contribution in [1.29, 1.82) is 0 Å². The van der Waals surface area contributed by atoms with E-state index in [0.717, 1.165) is 33.9 Å².